The molecule has 0 saturated heterocycles. The van der Waals surface area contributed by atoms with Crippen LogP contribution in [0.2, 0.25) is 0 Å². The van der Waals surface area contributed by atoms with Gasteiger partial charge in [-0.1, -0.05) is 0 Å². The number of azo groups is 1. The van der Waals surface area contributed by atoms with E-state index in [1.54, 1.807) is 40.8 Å². The van der Waals surface area contributed by atoms with Gasteiger partial charge in [-0.25, -0.2) is 0 Å². The number of halogens is 1. The van der Waals surface area contributed by atoms with E-state index in [1.807, 2.05) is 18.7 Å². The molecule has 0 fully saturated rings. The Balaban J connectivity index is 2.75. The van der Waals surface area contributed by atoms with E-state index >= 15 is 0 Å². The third-order valence-corrected chi connectivity index (χ3v) is 5.13. The minimum absolute atomic E-state index is 0.118. The van der Waals surface area contributed by atoms with Crippen LogP contribution in [0.1, 0.15) is 42.3 Å². The minimum Gasteiger partial charge on any atom is -0.371 e. The van der Waals surface area contributed by atoms with Crippen molar-refractivity contribution in [3.05, 3.63) is 51.1 Å². The maximum Gasteiger partial charge on any atom is 0.272 e. The highest BCUT2D eigenvalue weighted by molar-refractivity contribution is 14.1. The normalized spacial score (nSPS) is 10.4. The first-order valence-electron chi connectivity index (χ1n) is 9.61. The molecular formula is C21H18IN7O4. The summed E-state index contributed by atoms with van der Waals surface area (Å²) < 4.78 is -0.258. The first-order chi connectivity index (χ1) is 15.7. The third-order valence-electron chi connectivity index (χ3n) is 4.54. The van der Waals surface area contributed by atoms with Crippen molar-refractivity contribution in [1.29, 1.82) is 10.5 Å². The highest BCUT2D eigenvalue weighted by Gasteiger charge is 2.20. The average Bonchev–Trinajstić information content (AvgIpc) is 2.77. The molecule has 0 aliphatic carbocycles. The van der Waals surface area contributed by atoms with Crippen LogP contribution in [0, 0.1) is 32.8 Å². The van der Waals surface area contributed by atoms with Gasteiger partial charge in [-0.3, -0.25) is 19.7 Å². The molecular weight excluding hydrogens is 541 g/mol. The molecule has 0 radical (unpaired) electrons. The molecule has 11 nitrogen and oxygen atoms in total. The number of rotatable bonds is 8. The van der Waals surface area contributed by atoms with E-state index in [4.69, 9.17) is 0 Å². The molecule has 0 saturated carbocycles. The molecule has 0 bridgehead atoms. The molecule has 1 N–H and O–H groups in total. The summed E-state index contributed by atoms with van der Waals surface area (Å²) in [4.78, 5) is 36.4. The van der Waals surface area contributed by atoms with Crippen LogP contribution in [0.3, 0.4) is 0 Å². The fraction of sp³-hybridized carbons (Fsp3) is 0.238. The number of non-ortho nitro benzene ring substituents is 1. The summed E-state index contributed by atoms with van der Waals surface area (Å²) in [6.45, 7) is 6.41. The molecule has 0 spiro atoms. The number of anilines is 2. The lowest BCUT2D eigenvalue weighted by Crippen LogP contribution is -2.24. The van der Waals surface area contributed by atoms with Crippen LogP contribution >= 0.6 is 22.6 Å². The standard InChI is InChI=1S/C21H18IN7O4/c1-4-28(5-2)19-9-17(25-12(3)30)18(8-16(19)21(22)31)26-27-20-13(10-23)6-15(29(32)33)7-14(20)11-24/h6-9H,4-5H2,1-3H3,(H,25,30). The Bertz CT molecular complexity index is 1210. The maximum atomic E-state index is 12.3. The van der Waals surface area contributed by atoms with Gasteiger partial charge >= 0.3 is 0 Å². The summed E-state index contributed by atoms with van der Waals surface area (Å²) in [5.41, 5.74) is 0.323. The van der Waals surface area contributed by atoms with Gasteiger partial charge in [0.25, 0.3) is 5.69 Å². The summed E-state index contributed by atoms with van der Waals surface area (Å²) in [6, 6.07) is 8.61. The molecule has 2 aromatic carbocycles. The maximum absolute atomic E-state index is 12.3. The van der Waals surface area contributed by atoms with Gasteiger partial charge in [-0.05, 0) is 26.0 Å². The lowest BCUT2D eigenvalue weighted by Gasteiger charge is -2.24. The van der Waals surface area contributed by atoms with Crippen LogP contribution < -0.4 is 10.2 Å². The van der Waals surface area contributed by atoms with Crippen molar-refractivity contribution in [2.45, 2.75) is 20.8 Å². The van der Waals surface area contributed by atoms with Crippen molar-refractivity contribution in [2.75, 3.05) is 23.3 Å². The Morgan fingerprint density at radius 2 is 1.70 bits per heavy atom. The van der Waals surface area contributed by atoms with Crippen molar-refractivity contribution < 1.29 is 14.5 Å². The Morgan fingerprint density at radius 1 is 1.12 bits per heavy atom. The quantitative estimate of drug-likeness (QED) is 0.154. The van der Waals surface area contributed by atoms with E-state index in [9.17, 15) is 30.2 Å². The number of carbonyl (C=O) groups is 2. The van der Waals surface area contributed by atoms with Gasteiger partial charge in [-0.2, -0.15) is 10.5 Å². The van der Waals surface area contributed by atoms with Gasteiger partial charge < -0.3 is 10.2 Å². The van der Waals surface area contributed by atoms with E-state index in [-0.39, 0.29) is 37.9 Å². The van der Waals surface area contributed by atoms with Gasteiger partial charge in [0.2, 0.25) is 9.70 Å². The van der Waals surface area contributed by atoms with Gasteiger partial charge in [0.05, 0.1) is 33.0 Å². The Labute approximate surface area is 203 Å². The van der Waals surface area contributed by atoms with E-state index in [0.29, 0.717) is 24.3 Å². The number of benzene rings is 2. The van der Waals surface area contributed by atoms with Crippen LogP contribution in [0.4, 0.5) is 28.4 Å². The van der Waals surface area contributed by atoms with Gasteiger partial charge in [-0.15, -0.1) is 10.2 Å². The largest absolute Gasteiger partial charge is 0.371 e. The number of nitrogens with zero attached hydrogens (tertiary/aromatic N) is 6. The minimum atomic E-state index is -0.721. The summed E-state index contributed by atoms with van der Waals surface area (Å²) in [7, 11) is 0. The second kappa shape index (κ2) is 11.1. The first kappa shape index (κ1) is 25.4. The second-order valence-electron chi connectivity index (χ2n) is 6.58. The Hall–Kier alpha value is -3.91. The van der Waals surface area contributed by atoms with Crippen molar-refractivity contribution in [1.82, 2.24) is 0 Å². The highest BCUT2D eigenvalue weighted by Crippen LogP contribution is 2.37. The molecule has 1 amide bonds. The van der Waals surface area contributed by atoms with Crippen LogP contribution in [-0.4, -0.2) is 27.7 Å². The van der Waals surface area contributed by atoms with Crippen molar-refractivity contribution in [3.8, 4) is 12.1 Å². The Kier molecular flexibility index (Phi) is 8.53. The summed E-state index contributed by atoms with van der Waals surface area (Å²) in [6.07, 6.45) is 0. The molecule has 0 unspecified atom stereocenters. The van der Waals surface area contributed by atoms with Crippen LogP contribution in [0.25, 0.3) is 0 Å². The SMILES string of the molecule is CCN(CC)c1cc(NC(C)=O)c(N=Nc2c(C#N)cc([N+](=O)[O-])cc2C#N)cc1C(=O)I. The molecule has 33 heavy (non-hydrogen) atoms. The molecule has 0 heterocycles. The first-order valence-corrected chi connectivity index (χ1v) is 10.7. The zero-order valence-corrected chi connectivity index (χ0v) is 20.1. The van der Waals surface area contributed by atoms with Crippen LogP contribution in [0.15, 0.2) is 34.5 Å². The number of nitrogens with one attached hydrogen (secondary N) is 1. The number of nitriles is 2. The molecule has 0 aromatic heterocycles. The average molecular weight is 559 g/mol. The molecule has 2 rings (SSSR count). The van der Waals surface area contributed by atoms with Crippen molar-refractivity contribution in [3.63, 3.8) is 0 Å². The van der Waals surface area contributed by atoms with Crippen molar-refractivity contribution in [2.24, 2.45) is 10.2 Å². The molecule has 0 aliphatic heterocycles. The zero-order chi connectivity index (χ0) is 24.7. The van der Waals surface area contributed by atoms with Gasteiger partial charge in [0, 0.05) is 54.7 Å². The lowest BCUT2D eigenvalue weighted by atomic mass is 10.1. The molecule has 168 valence electrons. The molecule has 12 heteroatoms. The fourth-order valence-corrected chi connectivity index (χ4v) is 3.47. The summed E-state index contributed by atoms with van der Waals surface area (Å²) in [5.74, 6) is -0.378. The number of nitro groups is 1. The number of hydrogen-bond donors (Lipinski definition) is 1. The topological polar surface area (TPSA) is 165 Å². The van der Waals surface area contributed by atoms with E-state index < -0.39 is 10.6 Å². The third kappa shape index (κ3) is 5.87. The van der Waals surface area contributed by atoms with E-state index in [0.717, 1.165) is 12.1 Å². The highest BCUT2D eigenvalue weighted by atomic mass is 127. The predicted molar refractivity (Wildman–Crippen MR) is 129 cm³/mol. The van der Waals surface area contributed by atoms with E-state index in [2.05, 4.69) is 15.5 Å². The lowest BCUT2D eigenvalue weighted by molar-refractivity contribution is -0.384. The monoisotopic (exact) mass is 559 g/mol. The number of amides is 1. The second-order valence-corrected chi connectivity index (χ2v) is 7.56. The smallest absolute Gasteiger partial charge is 0.272 e. The Morgan fingerprint density at radius 3 is 2.12 bits per heavy atom. The fourth-order valence-electron chi connectivity index (χ4n) is 3.04. The van der Waals surface area contributed by atoms with Crippen LogP contribution in [-0.2, 0) is 4.79 Å². The predicted octanol–water partition coefficient (Wildman–Crippen LogP) is 5.13. The molecule has 0 atom stereocenters. The van der Waals surface area contributed by atoms with Gasteiger partial charge in [0.15, 0.2) is 0 Å². The van der Waals surface area contributed by atoms with E-state index in [1.165, 1.54) is 13.0 Å². The summed E-state index contributed by atoms with van der Waals surface area (Å²) >= 11 is 1.65. The molecule has 0 aliphatic rings. The van der Waals surface area contributed by atoms with Crippen molar-refractivity contribution >= 4 is 60.7 Å². The number of nitro benzene ring substituents is 1. The number of carbonyl (C=O) groups excluding carboxylic acids is 2. The summed E-state index contributed by atoms with van der Waals surface area (Å²) in [5, 5.41) is 40.6. The van der Waals surface area contributed by atoms with Crippen LogP contribution in [0.5, 0.6) is 0 Å². The zero-order valence-electron chi connectivity index (χ0n) is 17.9. The van der Waals surface area contributed by atoms with Gasteiger partial charge in [0.1, 0.15) is 23.5 Å². The molecule has 2 aromatic rings. The number of hydrogen-bond acceptors (Lipinski definition) is 9.